The summed E-state index contributed by atoms with van der Waals surface area (Å²) in [5.41, 5.74) is 2.81. The number of aryl methyl sites for hydroxylation is 1. The smallest absolute Gasteiger partial charge is 0.257 e. The first-order valence-corrected chi connectivity index (χ1v) is 10.5. The van der Waals surface area contributed by atoms with Crippen molar-refractivity contribution in [3.05, 3.63) is 28.2 Å². The second-order valence-corrected chi connectivity index (χ2v) is 9.87. The molecule has 122 valence electrons. The summed E-state index contributed by atoms with van der Waals surface area (Å²) in [6, 6.07) is 4.44. The summed E-state index contributed by atoms with van der Waals surface area (Å²) in [4.78, 5) is 13.8. The lowest BCUT2D eigenvalue weighted by molar-refractivity contribution is -0.124. The van der Waals surface area contributed by atoms with Crippen molar-refractivity contribution in [2.75, 3.05) is 11.5 Å². The molecular formula is C12H15BrN2O5S2. The Morgan fingerprint density at radius 3 is 2.59 bits per heavy atom. The molecule has 1 fully saturated rings. The van der Waals surface area contributed by atoms with Crippen molar-refractivity contribution in [3.8, 4) is 0 Å². The molecule has 7 nitrogen and oxygen atoms in total. The van der Waals surface area contributed by atoms with E-state index in [2.05, 4.69) is 21.4 Å². The van der Waals surface area contributed by atoms with E-state index in [0.29, 0.717) is 0 Å². The topological polar surface area (TPSA) is 109 Å². The Bertz CT molecular complexity index is 805. The van der Waals surface area contributed by atoms with Crippen LogP contribution in [0.1, 0.15) is 12.0 Å². The van der Waals surface area contributed by atoms with Crippen LogP contribution in [0.5, 0.6) is 0 Å². The zero-order valence-corrected chi connectivity index (χ0v) is 14.9. The highest BCUT2D eigenvalue weighted by atomic mass is 79.9. The van der Waals surface area contributed by atoms with Crippen LogP contribution in [0, 0.1) is 12.8 Å². The van der Waals surface area contributed by atoms with Gasteiger partial charge in [-0.2, -0.15) is 0 Å². The number of rotatable bonds is 4. The van der Waals surface area contributed by atoms with Crippen LogP contribution in [-0.2, 0) is 24.7 Å². The summed E-state index contributed by atoms with van der Waals surface area (Å²) >= 11 is 3.27. The van der Waals surface area contributed by atoms with Crippen LogP contribution in [0.15, 0.2) is 27.6 Å². The van der Waals surface area contributed by atoms with Gasteiger partial charge in [0.1, 0.15) is 0 Å². The molecule has 0 unspecified atom stereocenters. The van der Waals surface area contributed by atoms with Crippen molar-refractivity contribution in [1.82, 2.24) is 10.3 Å². The number of sulfonamides is 1. The maximum atomic E-state index is 12.1. The highest BCUT2D eigenvalue weighted by Crippen LogP contribution is 2.20. The molecule has 10 heteroatoms. The third kappa shape index (κ3) is 4.06. The van der Waals surface area contributed by atoms with Crippen LogP contribution in [-0.4, -0.2) is 34.2 Å². The van der Waals surface area contributed by atoms with Gasteiger partial charge in [-0.3, -0.25) is 10.2 Å². The van der Waals surface area contributed by atoms with Crippen LogP contribution >= 0.6 is 15.9 Å². The molecule has 0 radical (unpaired) electrons. The molecule has 1 aromatic carbocycles. The van der Waals surface area contributed by atoms with E-state index in [1.165, 1.54) is 12.1 Å². The van der Waals surface area contributed by atoms with Crippen LogP contribution in [0.3, 0.4) is 0 Å². The fourth-order valence-corrected chi connectivity index (χ4v) is 4.98. The fraction of sp³-hybridized carbons (Fsp3) is 0.417. The van der Waals surface area contributed by atoms with Crippen molar-refractivity contribution in [2.45, 2.75) is 18.2 Å². The van der Waals surface area contributed by atoms with Gasteiger partial charge in [-0.25, -0.2) is 16.8 Å². The quantitative estimate of drug-likeness (QED) is 0.702. The molecule has 22 heavy (non-hydrogen) atoms. The molecule has 1 heterocycles. The summed E-state index contributed by atoms with van der Waals surface area (Å²) in [5.74, 6) is -1.67. The van der Waals surface area contributed by atoms with Gasteiger partial charge in [0.15, 0.2) is 9.84 Å². The molecule has 1 atom stereocenters. The molecule has 1 aromatic rings. The van der Waals surface area contributed by atoms with Gasteiger partial charge in [0.25, 0.3) is 10.0 Å². The van der Waals surface area contributed by atoms with Crippen LogP contribution in [0.2, 0.25) is 0 Å². The Morgan fingerprint density at radius 1 is 1.36 bits per heavy atom. The first-order chi connectivity index (χ1) is 10.1. The van der Waals surface area contributed by atoms with Crippen LogP contribution in [0.25, 0.3) is 0 Å². The molecule has 2 rings (SSSR count). The molecule has 0 bridgehead atoms. The van der Waals surface area contributed by atoms with Crippen molar-refractivity contribution >= 4 is 41.7 Å². The van der Waals surface area contributed by atoms with Gasteiger partial charge >= 0.3 is 0 Å². The normalized spacial score (nSPS) is 20.7. The molecule has 0 aliphatic carbocycles. The van der Waals surface area contributed by atoms with Gasteiger partial charge in [0.2, 0.25) is 5.91 Å². The Morgan fingerprint density at radius 2 is 2.05 bits per heavy atom. The number of carbonyl (C=O) groups excluding carboxylic acids is 1. The average molecular weight is 411 g/mol. The van der Waals surface area contributed by atoms with E-state index in [-0.39, 0.29) is 22.8 Å². The highest BCUT2D eigenvalue weighted by molar-refractivity contribution is 9.10. The van der Waals surface area contributed by atoms with Gasteiger partial charge in [-0.1, -0.05) is 15.9 Å². The van der Waals surface area contributed by atoms with E-state index >= 15 is 0 Å². The van der Waals surface area contributed by atoms with E-state index in [4.69, 9.17) is 0 Å². The monoisotopic (exact) mass is 410 g/mol. The number of nitrogens with one attached hydrogen (secondary N) is 2. The third-order valence-electron chi connectivity index (χ3n) is 3.35. The standard InChI is InChI=1S/C12H15BrN2O5S2/c1-8-6-10(2-3-11(8)13)22(19,20)15-14-12(16)9-4-5-21(17,18)7-9/h2-3,6,9,15H,4-5,7H2,1H3,(H,14,16)/t9-/m1/s1. The van der Waals surface area contributed by atoms with Crippen molar-refractivity contribution in [3.63, 3.8) is 0 Å². The second-order valence-electron chi connectivity index (χ2n) is 5.11. The number of halogens is 1. The number of sulfone groups is 1. The largest absolute Gasteiger partial charge is 0.277 e. The van der Waals surface area contributed by atoms with Crippen LogP contribution < -0.4 is 10.3 Å². The molecule has 1 aliphatic heterocycles. The summed E-state index contributed by atoms with van der Waals surface area (Å²) in [6.07, 6.45) is 0.202. The molecule has 2 N–H and O–H groups in total. The predicted molar refractivity (Wildman–Crippen MR) is 84.1 cm³/mol. The average Bonchev–Trinajstić information content (AvgIpc) is 2.79. The summed E-state index contributed by atoms with van der Waals surface area (Å²) in [7, 11) is -7.11. The van der Waals surface area contributed by atoms with Gasteiger partial charge < -0.3 is 0 Å². The number of hydrogen-bond donors (Lipinski definition) is 2. The van der Waals surface area contributed by atoms with E-state index in [0.717, 1.165) is 10.0 Å². The maximum Gasteiger partial charge on any atom is 0.257 e. The van der Waals surface area contributed by atoms with E-state index < -0.39 is 31.7 Å². The Kier molecular flexibility index (Phi) is 4.95. The van der Waals surface area contributed by atoms with Crippen molar-refractivity contribution < 1.29 is 21.6 Å². The molecule has 0 aromatic heterocycles. The molecule has 1 saturated heterocycles. The molecular weight excluding hydrogens is 396 g/mol. The first kappa shape index (κ1) is 17.4. The number of benzene rings is 1. The third-order valence-corrected chi connectivity index (χ3v) is 7.25. The lowest BCUT2D eigenvalue weighted by Gasteiger charge is -2.12. The summed E-state index contributed by atoms with van der Waals surface area (Å²) in [6.45, 7) is 1.74. The minimum absolute atomic E-state index is 0.00698. The Labute approximate surface area is 137 Å². The number of amides is 1. The summed E-state index contributed by atoms with van der Waals surface area (Å²) < 4.78 is 47.6. The first-order valence-electron chi connectivity index (χ1n) is 6.39. The second kappa shape index (κ2) is 6.26. The van der Waals surface area contributed by atoms with Crippen molar-refractivity contribution in [1.29, 1.82) is 0 Å². The van der Waals surface area contributed by atoms with Gasteiger partial charge in [0, 0.05) is 4.47 Å². The molecule has 1 aliphatic rings. The zero-order chi connectivity index (χ0) is 16.5. The molecule has 1 amide bonds. The lowest BCUT2D eigenvalue weighted by atomic mass is 10.1. The van der Waals surface area contributed by atoms with Gasteiger partial charge in [0.05, 0.1) is 22.3 Å². The molecule has 0 spiro atoms. The lowest BCUT2D eigenvalue weighted by Crippen LogP contribution is -2.44. The minimum atomic E-state index is -3.91. The number of hydrazine groups is 1. The summed E-state index contributed by atoms with van der Waals surface area (Å²) in [5, 5.41) is 0. The van der Waals surface area contributed by atoms with Gasteiger partial charge in [-0.05, 0) is 37.1 Å². The van der Waals surface area contributed by atoms with E-state index in [1.54, 1.807) is 13.0 Å². The van der Waals surface area contributed by atoms with E-state index in [9.17, 15) is 21.6 Å². The highest BCUT2D eigenvalue weighted by Gasteiger charge is 2.33. The zero-order valence-electron chi connectivity index (χ0n) is 11.7. The van der Waals surface area contributed by atoms with Crippen LogP contribution in [0.4, 0.5) is 0 Å². The van der Waals surface area contributed by atoms with E-state index in [1.807, 2.05) is 4.83 Å². The predicted octanol–water partition coefficient (Wildman–Crippen LogP) is 0.502. The van der Waals surface area contributed by atoms with Gasteiger partial charge in [-0.15, -0.1) is 4.83 Å². The molecule has 0 saturated carbocycles. The maximum absolute atomic E-state index is 12.1. The number of hydrogen-bond acceptors (Lipinski definition) is 5. The Balaban J connectivity index is 2.04. The van der Waals surface area contributed by atoms with Crippen molar-refractivity contribution in [2.24, 2.45) is 5.92 Å². The SMILES string of the molecule is Cc1cc(S(=O)(=O)NNC(=O)[C@@H]2CCS(=O)(=O)C2)ccc1Br. The number of carbonyl (C=O) groups is 1. The fourth-order valence-electron chi connectivity index (χ4n) is 2.06. The Hall–Kier alpha value is -0.970. The minimum Gasteiger partial charge on any atom is -0.277 e.